The van der Waals surface area contributed by atoms with Gasteiger partial charge in [0, 0.05) is 18.7 Å². The van der Waals surface area contributed by atoms with Crippen LogP contribution in [-0.2, 0) is 16.0 Å². The van der Waals surface area contributed by atoms with Crippen molar-refractivity contribution in [2.24, 2.45) is 0 Å². The third-order valence-corrected chi connectivity index (χ3v) is 3.41. The van der Waals surface area contributed by atoms with Crippen molar-refractivity contribution in [1.82, 2.24) is 10.2 Å². The molecular formula is C15H20N2O3. The second kappa shape index (κ2) is 7.05. The molecule has 0 aromatic heterocycles. The lowest BCUT2D eigenvalue weighted by Crippen LogP contribution is -2.45. The van der Waals surface area contributed by atoms with Crippen molar-refractivity contribution in [3.8, 4) is 0 Å². The van der Waals surface area contributed by atoms with Crippen molar-refractivity contribution in [1.29, 1.82) is 0 Å². The summed E-state index contributed by atoms with van der Waals surface area (Å²) in [6.45, 7) is 4.37. The van der Waals surface area contributed by atoms with Gasteiger partial charge in [0.1, 0.15) is 0 Å². The molecule has 0 unspecified atom stereocenters. The third kappa shape index (κ3) is 3.57. The van der Waals surface area contributed by atoms with E-state index in [-0.39, 0.29) is 18.4 Å². The van der Waals surface area contributed by atoms with Gasteiger partial charge in [-0.1, -0.05) is 25.1 Å². The normalized spacial score (nSPS) is 14.9. The maximum Gasteiger partial charge on any atom is 0.251 e. The zero-order chi connectivity index (χ0) is 14.4. The highest BCUT2D eigenvalue weighted by molar-refractivity contribution is 5.97. The minimum absolute atomic E-state index is 0.0386. The summed E-state index contributed by atoms with van der Waals surface area (Å²) in [5.74, 6) is -0.250. The van der Waals surface area contributed by atoms with Crippen LogP contribution in [-0.4, -0.2) is 49.6 Å². The first kappa shape index (κ1) is 14.5. The van der Waals surface area contributed by atoms with Crippen LogP contribution in [0.2, 0.25) is 0 Å². The Kier molecular flexibility index (Phi) is 5.12. The third-order valence-electron chi connectivity index (χ3n) is 3.41. The number of carbonyl (C=O) groups is 2. The summed E-state index contributed by atoms with van der Waals surface area (Å²) in [4.78, 5) is 25.8. The molecule has 1 saturated heterocycles. The van der Waals surface area contributed by atoms with Crippen LogP contribution in [0, 0.1) is 0 Å². The van der Waals surface area contributed by atoms with E-state index in [1.54, 1.807) is 11.0 Å². The Morgan fingerprint density at radius 2 is 1.95 bits per heavy atom. The number of rotatable bonds is 4. The van der Waals surface area contributed by atoms with E-state index in [0.717, 1.165) is 12.0 Å². The molecule has 108 valence electrons. The molecule has 1 fully saturated rings. The van der Waals surface area contributed by atoms with E-state index in [2.05, 4.69) is 5.32 Å². The van der Waals surface area contributed by atoms with Gasteiger partial charge in [-0.05, 0) is 18.1 Å². The summed E-state index contributed by atoms with van der Waals surface area (Å²) in [5, 5.41) is 2.70. The van der Waals surface area contributed by atoms with Gasteiger partial charge in [-0.2, -0.15) is 0 Å². The Morgan fingerprint density at radius 1 is 1.25 bits per heavy atom. The average Bonchev–Trinajstić information content (AvgIpc) is 2.53. The van der Waals surface area contributed by atoms with Crippen molar-refractivity contribution in [3.63, 3.8) is 0 Å². The maximum atomic E-state index is 12.1. The lowest BCUT2D eigenvalue weighted by molar-refractivity contribution is -0.134. The van der Waals surface area contributed by atoms with Gasteiger partial charge in [0.2, 0.25) is 5.91 Å². The van der Waals surface area contributed by atoms with E-state index >= 15 is 0 Å². The Bertz CT molecular complexity index is 482. The van der Waals surface area contributed by atoms with E-state index in [4.69, 9.17) is 4.74 Å². The molecule has 2 amide bonds. The number of carbonyl (C=O) groups excluding carboxylic acids is 2. The number of amides is 2. The number of nitrogens with one attached hydrogen (secondary N) is 1. The lowest BCUT2D eigenvalue weighted by Gasteiger charge is -2.26. The van der Waals surface area contributed by atoms with Crippen LogP contribution in [0.25, 0.3) is 0 Å². The molecule has 1 aliphatic rings. The van der Waals surface area contributed by atoms with Crippen LogP contribution in [0.3, 0.4) is 0 Å². The number of nitrogens with zero attached hydrogens (tertiary/aromatic N) is 1. The van der Waals surface area contributed by atoms with Crippen LogP contribution in [0.4, 0.5) is 0 Å². The summed E-state index contributed by atoms with van der Waals surface area (Å²) < 4.78 is 5.19. The zero-order valence-electron chi connectivity index (χ0n) is 11.7. The fourth-order valence-electron chi connectivity index (χ4n) is 2.23. The van der Waals surface area contributed by atoms with E-state index in [0.29, 0.717) is 31.9 Å². The summed E-state index contributed by atoms with van der Waals surface area (Å²) in [6, 6.07) is 7.46. The first-order valence-electron chi connectivity index (χ1n) is 6.94. The van der Waals surface area contributed by atoms with Crippen LogP contribution in [0.1, 0.15) is 22.8 Å². The summed E-state index contributed by atoms with van der Waals surface area (Å²) in [6.07, 6.45) is 0.793. The topological polar surface area (TPSA) is 58.6 Å². The molecule has 5 nitrogen and oxygen atoms in total. The Morgan fingerprint density at radius 3 is 2.65 bits per heavy atom. The van der Waals surface area contributed by atoms with Gasteiger partial charge in [0.05, 0.1) is 19.8 Å². The first-order valence-corrected chi connectivity index (χ1v) is 6.94. The molecule has 0 bridgehead atoms. The van der Waals surface area contributed by atoms with Crippen molar-refractivity contribution < 1.29 is 14.3 Å². The molecular weight excluding hydrogens is 256 g/mol. The standard InChI is InChI=1S/C15H20N2O3/c1-2-12-5-3-4-6-13(12)15(19)16-11-14(18)17-7-9-20-10-8-17/h3-6H,2,7-11H2,1H3,(H,16,19). The summed E-state index contributed by atoms with van der Waals surface area (Å²) in [7, 11) is 0. The van der Waals surface area contributed by atoms with Crippen molar-refractivity contribution >= 4 is 11.8 Å². The number of benzene rings is 1. The average molecular weight is 276 g/mol. The fraction of sp³-hybridized carbons (Fsp3) is 0.467. The molecule has 20 heavy (non-hydrogen) atoms. The number of aryl methyl sites for hydroxylation is 1. The number of hydrogen-bond donors (Lipinski definition) is 1. The monoisotopic (exact) mass is 276 g/mol. The predicted octanol–water partition coefficient (Wildman–Crippen LogP) is 0.838. The van der Waals surface area contributed by atoms with Gasteiger partial charge < -0.3 is 15.0 Å². The highest BCUT2D eigenvalue weighted by Crippen LogP contribution is 2.09. The Hall–Kier alpha value is -1.88. The first-order chi connectivity index (χ1) is 9.72. The van der Waals surface area contributed by atoms with E-state index in [1.165, 1.54) is 0 Å². The lowest BCUT2D eigenvalue weighted by atomic mass is 10.0. The van der Waals surface area contributed by atoms with E-state index < -0.39 is 0 Å². The molecule has 2 rings (SSSR count). The fourth-order valence-corrected chi connectivity index (χ4v) is 2.23. The molecule has 0 spiro atoms. The Balaban J connectivity index is 1.89. The molecule has 1 aromatic rings. The highest BCUT2D eigenvalue weighted by atomic mass is 16.5. The molecule has 5 heteroatoms. The van der Waals surface area contributed by atoms with Crippen molar-refractivity contribution in [2.45, 2.75) is 13.3 Å². The minimum Gasteiger partial charge on any atom is -0.378 e. The maximum absolute atomic E-state index is 12.1. The predicted molar refractivity (Wildman–Crippen MR) is 75.6 cm³/mol. The molecule has 1 N–H and O–H groups in total. The molecule has 0 atom stereocenters. The number of hydrogen-bond acceptors (Lipinski definition) is 3. The van der Waals surface area contributed by atoms with Gasteiger partial charge >= 0.3 is 0 Å². The van der Waals surface area contributed by atoms with Crippen LogP contribution in [0.15, 0.2) is 24.3 Å². The van der Waals surface area contributed by atoms with Gasteiger partial charge in [0.25, 0.3) is 5.91 Å². The minimum atomic E-state index is -0.191. The second-order valence-corrected chi connectivity index (χ2v) is 4.69. The van der Waals surface area contributed by atoms with Crippen LogP contribution >= 0.6 is 0 Å². The van der Waals surface area contributed by atoms with Gasteiger partial charge in [-0.25, -0.2) is 0 Å². The smallest absolute Gasteiger partial charge is 0.251 e. The van der Waals surface area contributed by atoms with Crippen molar-refractivity contribution in [2.75, 3.05) is 32.8 Å². The second-order valence-electron chi connectivity index (χ2n) is 4.69. The summed E-state index contributed by atoms with van der Waals surface area (Å²) in [5.41, 5.74) is 1.63. The molecule has 0 aliphatic carbocycles. The highest BCUT2D eigenvalue weighted by Gasteiger charge is 2.18. The van der Waals surface area contributed by atoms with Gasteiger partial charge in [0.15, 0.2) is 0 Å². The zero-order valence-corrected chi connectivity index (χ0v) is 11.7. The van der Waals surface area contributed by atoms with Crippen molar-refractivity contribution in [3.05, 3.63) is 35.4 Å². The number of ether oxygens (including phenoxy) is 1. The van der Waals surface area contributed by atoms with Crippen LogP contribution in [0.5, 0.6) is 0 Å². The van der Waals surface area contributed by atoms with E-state index in [9.17, 15) is 9.59 Å². The largest absolute Gasteiger partial charge is 0.378 e. The molecule has 1 heterocycles. The molecule has 0 radical (unpaired) electrons. The summed E-state index contributed by atoms with van der Waals surface area (Å²) >= 11 is 0. The van der Waals surface area contributed by atoms with Gasteiger partial charge in [-0.3, -0.25) is 9.59 Å². The van der Waals surface area contributed by atoms with Gasteiger partial charge in [-0.15, -0.1) is 0 Å². The SMILES string of the molecule is CCc1ccccc1C(=O)NCC(=O)N1CCOCC1. The van der Waals surface area contributed by atoms with Crippen LogP contribution < -0.4 is 5.32 Å². The molecule has 1 aliphatic heterocycles. The quantitative estimate of drug-likeness (QED) is 0.886. The Labute approximate surface area is 118 Å². The molecule has 0 saturated carbocycles. The number of morpholine rings is 1. The van der Waals surface area contributed by atoms with E-state index in [1.807, 2.05) is 25.1 Å². The molecule has 1 aromatic carbocycles.